The quantitative estimate of drug-likeness (QED) is 0.602. The van der Waals surface area contributed by atoms with E-state index in [0.717, 1.165) is 5.57 Å². The van der Waals surface area contributed by atoms with Crippen LogP contribution in [-0.4, -0.2) is 6.54 Å². The summed E-state index contributed by atoms with van der Waals surface area (Å²) in [6, 6.07) is 0. The van der Waals surface area contributed by atoms with Gasteiger partial charge < -0.3 is 5.73 Å². The third kappa shape index (κ3) is 4.27. The number of allylic oxidation sites excluding steroid dienone is 3. The number of hydrogen-bond donors (Lipinski definition) is 1. The van der Waals surface area contributed by atoms with Crippen molar-refractivity contribution in [3.05, 3.63) is 23.6 Å². The summed E-state index contributed by atoms with van der Waals surface area (Å²) < 4.78 is 12.4. The van der Waals surface area contributed by atoms with Crippen LogP contribution in [0.2, 0.25) is 0 Å². The van der Waals surface area contributed by atoms with E-state index < -0.39 is 0 Å². The van der Waals surface area contributed by atoms with Gasteiger partial charge in [0, 0.05) is 6.54 Å². The number of hydrogen-bond acceptors (Lipinski definition) is 1. The van der Waals surface area contributed by atoms with Gasteiger partial charge in [-0.2, -0.15) is 0 Å². The lowest BCUT2D eigenvalue weighted by Crippen LogP contribution is -1.98. The number of halogens is 1. The van der Waals surface area contributed by atoms with E-state index in [4.69, 9.17) is 5.73 Å². The Balaban J connectivity index is 3.91. The molecule has 0 spiro atoms. The maximum Gasteiger partial charge on any atom is 0.0996 e. The minimum atomic E-state index is -0.104. The summed E-state index contributed by atoms with van der Waals surface area (Å²) in [6.45, 7) is 4.14. The average molecular weight is 143 g/mol. The van der Waals surface area contributed by atoms with E-state index >= 15 is 0 Å². The first-order valence-electron chi connectivity index (χ1n) is 3.42. The molecule has 0 aromatic rings. The Morgan fingerprint density at radius 1 is 1.50 bits per heavy atom. The molecule has 0 aromatic heterocycles. The number of nitrogens with two attached hydrogens (primary N) is 1. The van der Waals surface area contributed by atoms with Crippen LogP contribution in [0.5, 0.6) is 0 Å². The van der Waals surface area contributed by atoms with E-state index in [-0.39, 0.29) is 5.83 Å². The van der Waals surface area contributed by atoms with Gasteiger partial charge >= 0.3 is 0 Å². The summed E-state index contributed by atoms with van der Waals surface area (Å²) in [4.78, 5) is 0. The van der Waals surface area contributed by atoms with Gasteiger partial charge in [-0.15, -0.1) is 0 Å². The molecule has 0 saturated heterocycles. The molecule has 0 atom stereocenters. The Hall–Kier alpha value is -0.630. The van der Waals surface area contributed by atoms with Gasteiger partial charge in [-0.25, -0.2) is 4.39 Å². The van der Waals surface area contributed by atoms with Crippen LogP contribution in [-0.2, 0) is 0 Å². The van der Waals surface area contributed by atoms with E-state index in [2.05, 4.69) is 0 Å². The lowest BCUT2D eigenvalue weighted by atomic mass is 10.2. The van der Waals surface area contributed by atoms with Gasteiger partial charge in [-0.3, -0.25) is 0 Å². The first-order valence-corrected chi connectivity index (χ1v) is 3.42. The van der Waals surface area contributed by atoms with Crippen molar-refractivity contribution in [3.63, 3.8) is 0 Å². The molecule has 0 aromatic carbocycles. The fourth-order valence-corrected chi connectivity index (χ4v) is 0.419. The Labute approximate surface area is 61.4 Å². The summed E-state index contributed by atoms with van der Waals surface area (Å²) in [5.74, 6) is -0.104. The molecule has 10 heavy (non-hydrogen) atoms. The zero-order chi connectivity index (χ0) is 7.98. The molecule has 58 valence electrons. The van der Waals surface area contributed by atoms with Gasteiger partial charge in [0.05, 0.1) is 5.83 Å². The standard InChI is InChI=1S/C8H14FN/c1-3-8(9)5-4-7(2)6-10/h4-5H,3,6,10H2,1-2H3/b7-4+,8-5+. The predicted molar refractivity (Wildman–Crippen MR) is 42.3 cm³/mol. The minimum absolute atomic E-state index is 0.104. The molecule has 0 amide bonds. The smallest absolute Gasteiger partial charge is 0.0996 e. The summed E-state index contributed by atoms with van der Waals surface area (Å²) in [5.41, 5.74) is 6.27. The van der Waals surface area contributed by atoms with E-state index in [1.54, 1.807) is 13.0 Å². The molecule has 0 unspecified atom stereocenters. The van der Waals surface area contributed by atoms with Gasteiger partial charge in [0.1, 0.15) is 0 Å². The monoisotopic (exact) mass is 143 g/mol. The fourth-order valence-electron chi connectivity index (χ4n) is 0.419. The minimum Gasteiger partial charge on any atom is -0.327 e. The van der Waals surface area contributed by atoms with Crippen molar-refractivity contribution in [1.29, 1.82) is 0 Å². The zero-order valence-electron chi connectivity index (χ0n) is 6.52. The molecule has 0 aliphatic carbocycles. The Morgan fingerprint density at radius 3 is 2.50 bits per heavy atom. The highest BCUT2D eigenvalue weighted by atomic mass is 19.1. The van der Waals surface area contributed by atoms with Crippen molar-refractivity contribution in [3.8, 4) is 0 Å². The molecule has 0 aliphatic heterocycles. The fraction of sp³-hybridized carbons (Fsp3) is 0.500. The van der Waals surface area contributed by atoms with E-state index in [0.29, 0.717) is 13.0 Å². The molecule has 0 fully saturated rings. The van der Waals surface area contributed by atoms with Crippen molar-refractivity contribution < 1.29 is 4.39 Å². The molecule has 2 N–H and O–H groups in total. The van der Waals surface area contributed by atoms with Crippen molar-refractivity contribution in [2.75, 3.05) is 6.54 Å². The molecule has 1 nitrogen and oxygen atoms in total. The summed E-state index contributed by atoms with van der Waals surface area (Å²) in [5, 5.41) is 0. The second kappa shape index (κ2) is 5.18. The third-order valence-corrected chi connectivity index (χ3v) is 1.21. The molecule has 0 radical (unpaired) electrons. The Bertz CT molecular complexity index is 129. The molecular weight excluding hydrogens is 129 g/mol. The molecule has 0 rings (SSSR count). The van der Waals surface area contributed by atoms with Crippen LogP contribution >= 0.6 is 0 Å². The molecule has 0 bridgehead atoms. The Kier molecular flexibility index (Phi) is 4.85. The first kappa shape index (κ1) is 9.37. The molecule has 0 saturated carbocycles. The van der Waals surface area contributed by atoms with E-state index in [1.165, 1.54) is 6.08 Å². The van der Waals surface area contributed by atoms with E-state index in [1.807, 2.05) is 6.92 Å². The van der Waals surface area contributed by atoms with Crippen LogP contribution < -0.4 is 5.73 Å². The summed E-state index contributed by atoms with van der Waals surface area (Å²) >= 11 is 0. The highest BCUT2D eigenvalue weighted by molar-refractivity contribution is 5.13. The van der Waals surface area contributed by atoms with Crippen molar-refractivity contribution in [1.82, 2.24) is 0 Å². The highest BCUT2D eigenvalue weighted by Gasteiger charge is 1.85. The largest absolute Gasteiger partial charge is 0.327 e. The number of rotatable bonds is 3. The normalized spacial score (nSPS) is 14.0. The van der Waals surface area contributed by atoms with Gasteiger partial charge in [-0.05, 0) is 19.4 Å². The van der Waals surface area contributed by atoms with Crippen LogP contribution in [0.3, 0.4) is 0 Å². The van der Waals surface area contributed by atoms with Crippen LogP contribution in [0.25, 0.3) is 0 Å². The van der Waals surface area contributed by atoms with Crippen LogP contribution in [0.4, 0.5) is 4.39 Å². The lowest BCUT2D eigenvalue weighted by Gasteiger charge is -1.90. The van der Waals surface area contributed by atoms with Gasteiger partial charge in [0.2, 0.25) is 0 Å². The van der Waals surface area contributed by atoms with Crippen LogP contribution in [0.1, 0.15) is 20.3 Å². The zero-order valence-corrected chi connectivity index (χ0v) is 6.52. The summed E-state index contributed by atoms with van der Waals surface area (Å²) in [7, 11) is 0. The van der Waals surface area contributed by atoms with Gasteiger partial charge in [0.25, 0.3) is 0 Å². The molecule has 0 heterocycles. The summed E-state index contributed by atoms with van der Waals surface area (Å²) in [6.07, 6.45) is 3.62. The average Bonchev–Trinajstić information content (AvgIpc) is 1.99. The van der Waals surface area contributed by atoms with Gasteiger partial charge in [0.15, 0.2) is 0 Å². The Morgan fingerprint density at radius 2 is 2.10 bits per heavy atom. The van der Waals surface area contributed by atoms with Crippen LogP contribution in [0, 0.1) is 0 Å². The van der Waals surface area contributed by atoms with Crippen LogP contribution in [0.15, 0.2) is 23.6 Å². The molecular formula is C8H14FN. The second-order valence-electron chi connectivity index (χ2n) is 2.18. The first-order chi connectivity index (χ1) is 4.70. The van der Waals surface area contributed by atoms with Gasteiger partial charge in [-0.1, -0.05) is 18.6 Å². The molecule has 0 aliphatic rings. The highest BCUT2D eigenvalue weighted by Crippen LogP contribution is 2.02. The van der Waals surface area contributed by atoms with Crippen molar-refractivity contribution in [2.24, 2.45) is 5.73 Å². The van der Waals surface area contributed by atoms with Crippen molar-refractivity contribution in [2.45, 2.75) is 20.3 Å². The second-order valence-corrected chi connectivity index (χ2v) is 2.18. The third-order valence-electron chi connectivity index (χ3n) is 1.21. The molecule has 2 heteroatoms. The lowest BCUT2D eigenvalue weighted by molar-refractivity contribution is 0.604. The van der Waals surface area contributed by atoms with Crippen molar-refractivity contribution >= 4 is 0 Å². The maximum absolute atomic E-state index is 12.4. The SMILES string of the molecule is CC/C(F)=C\C=C(/C)CN. The van der Waals surface area contributed by atoms with E-state index in [9.17, 15) is 4.39 Å². The topological polar surface area (TPSA) is 26.0 Å². The maximum atomic E-state index is 12.4. The predicted octanol–water partition coefficient (Wildman–Crippen LogP) is 2.15.